The van der Waals surface area contributed by atoms with Gasteiger partial charge in [-0.25, -0.2) is 0 Å². The Balaban J connectivity index is 1.47. The molecule has 0 saturated heterocycles. The van der Waals surface area contributed by atoms with Gasteiger partial charge in [0, 0.05) is 20.2 Å². The van der Waals surface area contributed by atoms with E-state index in [0.717, 1.165) is 0 Å². The maximum Gasteiger partial charge on any atom is 0.0367 e. The molecule has 8 rings (SSSR count). The molecule has 346 valence electrons. The first-order chi connectivity index (χ1) is 31.9. The van der Waals surface area contributed by atoms with Crippen LogP contribution in [0.5, 0.6) is 0 Å². The summed E-state index contributed by atoms with van der Waals surface area (Å²) in [4.78, 5) is 0. The lowest BCUT2D eigenvalue weighted by Gasteiger charge is -2.24. The first-order valence-corrected chi connectivity index (χ1v) is 26.4. The van der Waals surface area contributed by atoms with Gasteiger partial charge in [-0.3, -0.25) is 0 Å². The van der Waals surface area contributed by atoms with Crippen molar-refractivity contribution in [3.05, 3.63) is 166 Å². The minimum Gasteiger partial charge on any atom is -0.135 e. The molecule has 0 N–H and O–H groups in total. The third-order valence-electron chi connectivity index (χ3n) is 14.5. The molecule has 0 spiro atoms. The predicted molar refractivity (Wildman–Crippen MR) is 299 cm³/mol. The van der Waals surface area contributed by atoms with Crippen LogP contribution in [-0.4, -0.2) is 0 Å². The molecular formula is C66H76S. The Kier molecular flexibility index (Phi) is 14.0. The van der Waals surface area contributed by atoms with E-state index in [9.17, 15) is 0 Å². The lowest BCUT2D eigenvalue weighted by molar-refractivity contribution is 0.837. The van der Waals surface area contributed by atoms with Gasteiger partial charge >= 0.3 is 0 Å². The summed E-state index contributed by atoms with van der Waals surface area (Å²) < 4.78 is 2.69. The van der Waals surface area contributed by atoms with Crippen molar-refractivity contribution in [3.8, 4) is 55.6 Å². The van der Waals surface area contributed by atoms with Crippen LogP contribution in [0.3, 0.4) is 0 Å². The summed E-state index contributed by atoms with van der Waals surface area (Å²) in [6.45, 7) is 37.7. The van der Waals surface area contributed by atoms with Crippen molar-refractivity contribution in [1.82, 2.24) is 0 Å². The summed E-state index contributed by atoms with van der Waals surface area (Å²) in [5, 5.41) is 2.73. The molecule has 0 unspecified atom stereocenters. The molecule has 1 aromatic heterocycles. The standard InChI is InChI=1S/C66H76S/c1-37(2)50-21-17-22-51(38(3)4)62(50)47-31-46(32-48(33-47)63-52(39(5)6)23-18-24-53(63)40(7)8)45-29-30-58-60(35-45)67-61-36-49(64-54(41(9)10)25-19-26-55(64)42(11)12)34-59(66(58)61)65-56(43(13)14)27-20-28-57(65)44(15)16/h17-44H,1-16H3. The van der Waals surface area contributed by atoms with Crippen molar-refractivity contribution < 1.29 is 0 Å². The quantitative estimate of drug-likeness (QED) is 0.108. The van der Waals surface area contributed by atoms with Crippen molar-refractivity contribution in [1.29, 1.82) is 0 Å². The fraction of sp³-hybridized carbons (Fsp3) is 0.364. The number of benzene rings is 7. The Morgan fingerprint density at radius 2 is 0.567 bits per heavy atom. The molecule has 0 bridgehead atoms. The van der Waals surface area contributed by atoms with Gasteiger partial charge in [0.1, 0.15) is 0 Å². The zero-order chi connectivity index (χ0) is 48.2. The van der Waals surface area contributed by atoms with Crippen molar-refractivity contribution in [2.45, 2.75) is 158 Å². The molecule has 1 heterocycles. The van der Waals surface area contributed by atoms with Crippen molar-refractivity contribution in [2.24, 2.45) is 0 Å². The highest BCUT2D eigenvalue weighted by molar-refractivity contribution is 7.26. The number of rotatable bonds is 13. The number of thiophene rings is 1. The largest absolute Gasteiger partial charge is 0.135 e. The number of hydrogen-bond donors (Lipinski definition) is 0. The van der Waals surface area contributed by atoms with E-state index in [1.807, 2.05) is 11.3 Å². The van der Waals surface area contributed by atoms with Gasteiger partial charge in [-0.05, 0) is 184 Å². The average Bonchev–Trinajstić information content (AvgIpc) is 3.67. The zero-order valence-corrected chi connectivity index (χ0v) is 44.4. The van der Waals surface area contributed by atoms with E-state index in [1.54, 1.807) is 0 Å². The highest BCUT2D eigenvalue weighted by Gasteiger charge is 2.25. The van der Waals surface area contributed by atoms with Gasteiger partial charge in [-0.15, -0.1) is 11.3 Å². The van der Waals surface area contributed by atoms with Gasteiger partial charge in [0.05, 0.1) is 0 Å². The lowest BCUT2D eigenvalue weighted by atomic mass is 9.80. The van der Waals surface area contributed by atoms with E-state index >= 15 is 0 Å². The number of fused-ring (bicyclic) bond motifs is 3. The molecule has 0 aliphatic heterocycles. The molecular weight excluding hydrogens is 825 g/mol. The maximum atomic E-state index is 2.58. The third kappa shape index (κ3) is 9.11. The van der Waals surface area contributed by atoms with Crippen molar-refractivity contribution in [2.75, 3.05) is 0 Å². The van der Waals surface area contributed by atoms with Crippen LogP contribution in [0.2, 0.25) is 0 Å². The fourth-order valence-corrected chi connectivity index (χ4v) is 12.2. The molecule has 67 heavy (non-hydrogen) atoms. The molecule has 7 aromatic carbocycles. The molecule has 0 fully saturated rings. The zero-order valence-electron chi connectivity index (χ0n) is 43.6. The molecule has 0 atom stereocenters. The molecule has 0 aliphatic rings. The van der Waals surface area contributed by atoms with Crippen LogP contribution in [0.1, 0.15) is 203 Å². The van der Waals surface area contributed by atoms with Crippen LogP contribution < -0.4 is 0 Å². The summed E-state index contributed by atoms with van der Waals surface area (Å²) >= 11 is 1.97. The summed E-state index contributed by atoms with van der Waals surface area (Å²) in [5.74, 6) is 3.15. The summed E-state index contributed by atoms with van der Waals surface area (Å²) in [6, 6.07) is 48.1. The molecule has 8 aromatic rings. The van der Waals surface area contributed by atoms with E-state index in [2.05, 4.69) is 232 Å². The van der Waals surface area contributed by atoms with Crippen molar-refractivity contribution in [3.63, 3.8) is 0 Å². The first-order valence-electron chi connectivity index (χ1n) is 25.6. The minimum atomic E-state index is 0.383. The topological polar surface area (TPSA) is 0 Å². The highest BCUT2D eigenvalue weighted by Crippen LogP contribution is 2.50. The van der Waals surface area contributed by atoms with Crippen LogP contribution in [0, 0.1) is 0 Å². The maximum absolute atomic E-state index is 2.58. The smallest absolute Gasteiger partial charge is 0.0367 e. The van der Waals surface area contributed by atoms with Crippen LogP contribution >= 0.6 is 11.3 Å². The normalized spacial score (nSPS) is 12.4. The third-order valence-corrected chi connectivity index (χ3v) is 15.6. The number of hydrogen-bond acceptors (Lipinski definition) is 1. The monoisotopic (exact) mass is 901 g/mol. The Hall–Kier alpha value is -5.24. The average molecular weight is 901 g/mol. The SMILES string of the molecule is CC(C)c1cccc(C(C)C)c1-c1cc(-c2ccc3c(c2)sc2cc(-c4c(C(C)C)cccc4C(C)C)cc(-c4c(C(C)C)cccc4C(C)C)c23)cc(-c2c(C(C)C)cccc2C(C)C)c1. The van der Waals surface area contributed by atoms with Crippen LogP contribution in [-0.2, 0) is 0 Å². The van der Waals surface area contributed by atoms with E-state index in [0.29, 0.717) is 47.3 Å². The molecule has 0 amide bonds. The van der Waals surface area contributed by atoms with Gasteiger partial charge in [0.25, 0.3) is 0 Å². The Bertz CT molecular complexity index is 2900. The van der Waals surface area contributed by atoms with Crippen LogP contribution in [0.25, 0.3) is 75.8 Å². The molecule has 0 saturated carbocycles. The van der Waals surface area contributed by atoms with Crippen LogP contribution in [0.4, 0.5) is 0 Å². The lowest BCUT2D eigenvalue weighted by Crippen LogP contribution is -2.02. The molecule has 0 aliphatic carbocycles. The summed E-state index contributed by atoms with van der Waals surface area (Å²) in [6.07, 6.45) is 0. The Labute approximate surface area is 408 Å². The predicted octanol–water partition coefficient (Wildman–Crippen LogP) is 21.4. The second-order valence-corrected chi connectivity index (χ2v) is 23.1. The minimum absolute atomic E-state index is 0.383. The summed E-state index contributed by atoms with van der Waals surface area (Å²) in [7, 11) is 0. The van der Waals surface area contributed by atoms with Gasteiger partial charge in [-0.1, -0.05) is 196 Å². The van der Waals surface area contributed by atoms with E-state index in [1.165, 1.54) is 120 Å². The van der Waals surface area contributed by atoms with E-state index < -0.39 is 0 Å². The van der Waals surface area contributed by atoms with Crippen molar-refractivity contribution >= 4 is 31.5 Å². The Morgan fingerprint density at radius 1 is 0.269 bits per heavy atom. The second kappa shape index (κ2) is 19.4. The molecule has 0 nitrogen and oxygen atoms in total. The fourth-order valence-electron chi connectivity index (χ4n) is 11.0. The molecule has 0 radical (unpaired) electrons. The first kappa shape index (κ1) is 48.2. The van der Waals surface area contributed by atoms with Gasteiger partial charge in [0.2, 0.25) is 0 Å². The second-order valence-electron chi connectivity index (χ2n) is 22.0. The molecule has 1 heteroatoms. The van der Waals surface area contributed by atoms with Gasteiger partial charge < -0.3 is 0 Å². The van der Waals surface area contributed by atoms with Crippen LogP contribution in [0.15, 0.2) is 121 Å². The van der Waals surface area contributed by atoms with Gasteiger partial charge in [0.15, 0.2) is 0 Å². The Morgan fingerprint density at radius 3 is 0.910 bits per heavy atom. The van der Waals surface area contributed by atoms with Gasteiger partial charge in [-0.2, -0.15) is 0 Å². The highest BCUT2D eigenvalue weighted by atomic mass is 32.1. The van der Waals surface area contributed by atoms with E-state index in [-0.39, 0.29) is 0 Å². The summed E-state index contributed by atoms with van der Waals surface area (Å²) in [5.41, 5.74) is 24.9. The van der Waals surface area contributed by atoms with E-state index in [4.69, 9.17) is 0 Å².